The lowest BCUT2D eigenvalue weighted by Crippen LogP contribution is -2.64. The van der Waals surface area contributed by atoms with Crippen molar-refractivity contribution >= 4 is 85.1 Å². The molecule has 2 unspecified atom stereocenters. The van der Waals surface area contributed by atoms with Crippen molar-refractivity contribution in [3.63, 3.8) is 0 Å². The molecule has 24 heteroatoms. The zero-order valence-electron chi connectivity index (χ0n) is 62.3. The molecule has 6 fully saturated rings. The van der Waals surface area contributed by atoms with Crippen molar-refractivity contribution in [2.24, 2.45) is 27.6 Å². The van der Waals surface area contributed by atoms with Gasteiger partial charge in [-0.1, -0.05) is 121 Å². The fourth-order valence-electron chi connectivity index (χ4n) is 19.1. The number of piperidine rings is 1. The quantitative estimate of drug-likeness (QED) is 0.0273. The lowest BCUT2D eigenvalue weighted by Gasteiger charge is -2.69. The Kier molecular flexibility index (Phi) is 22.2. The van der Waals surface area contributed by atoms with E-state index in [0.29, 0.717) is 68.5 Å². The Morgan fingerprint density at radius 1 is 0.808 bits per heavy atom. The lowest BCUT2D eigenvalue weighted by molar-refractivity contribution is -0.248. The summed E-state index contributed by atoms with van der Waals surface area (Å²) in [6, 6.07) is 18.0. The van der Waals surface area contributed by atoms with Gasteiger partial charge in [0.2, 0.25) is 23.6 Å². The molecule has 4 aliphatic carbocycles. The highest BCUT2D eigenvalue weighted by Crippen LogP contribution is 2.72. The third-order valence-electron chi connectivity index (χ3n) is 23.3. The molecule has 556 valence electrons. The van der Waals surface area contributed by atoms with Crippen LogP contribution in [-0.2, 0) is 43.4 Å². The number of carboxylic acid groups (broad SMARTS) is 1. The number of carbonyl (C=O) groups is 5. The van der Waals surface area contributed by atoms with Crippen molar-refractivity contribution in [3.05, 3.63) is 106 Å². The Morgan fingerprint density at radius 2 is 1.53 bits per heavy atom. The van der Waals surface area contributed by atoms with E-state index in [1.54, 1.807) is 22.7 Å². The summed E-state index contributed by atoms with van der Waals surface area (Å²) in [5.41, 5.74) is 9.44. The molecule has 22 nitrogen and oxygen atoms in total. The van der Waals surface area contributed by atoms with Gasteiger partial charge in [0.15, 0.2) is 22.5 Å². The first-order valence-corrected chi connectivity index (χ1v) is 39.7. The molecular weight excluding hydrogens is 1350 g/mol. The van der Waals surface area contributed by atoms with E-state index >= 15 is 0 Å². The van der Waals surface area contributed by atoms with Crippen molar-refractivity contribution in [1.82, 2.24) is 60.3 Å². The molecule has 2 saturated heterocycles. The highest BCUT2D eigenvalue weighted by atomic mass is 32.1. The Labute approximate surface area is 619 Å². The second-order valence-corrected chi connectivity index (χ2v) is 35.0. The average molecular weight is 1460 g/mol. The fourth-order valence-corrected chi connectivity index (χ4v) is 20.8. The molecule has 4 amide bonds. The number of amides is 4. The molecule has 104 heavy (non-hydrogen) atoms. The van der Waals surface area contributed by atoms with E-state index in [-0.39, 0.29) is 76.6 Å². The number of para-hydroxylation sites is 1. The van der Waals surface area contributed by atoms with E-state index in [4.69, 9.17) is 24.9 Å². The molecule has 0 spiro atoms. The minimum atomic E-state index is -1.09. The number of aliphatic hydroxyl groups is 1. The van der Waals surface area contributed by atoms with Gasteiger partial charge < -0.3 is 50.5 Å². The van der Waals surface area contributed by atoms with Gasteiger partial charge in [-0.05, 0) is 168 Å². The number of nitrogens with zero attached hydrogens (tertiary/aromatic N) is 11. The van der Waals surface area contributed by atoms with Crippen LogP contribution >= 0.6 is 22.7 Å². The molecule has 14 rings (SSSR count). The van der Waals surface area contributed by atoms with Crippen LogP contribution in [0.4, 0.5) is 22.6 Å². The Balaban J connectivity index is 0.509. The molecule has 5 N–H and O–H groups in total. The van der Waals surface area contributed by atoms with Gasteiger partial charge in [0, 0.05) is 92.5 Å². The number of likely N-dealkylation sites (N-methyl/N-ethyl adjacent to an activating group) is 1. The van der Waals surface area contributed by atoms with Gasteiger partial charge in [0.05, 0.1) is 50.8 Å². The smallest absolute Gasteiger partial charge is 0.355 e. The molecule has 7 aliphatic rings. The summed E-state index contributed by atoms with van der Waals surface area (Å²) in [7, 11) is 2.22. The van der Waals surface area contributed by atoms with Crippen LogP contribution in [0.2, 0.25) is 0 Å². The van der Waals surface area contributed by atoms with Gasteiger partial charge in [-0.2, -0.15) is 5.10 Å². The standard InChI is InChI=1S/C80H106N14O8S2/c1-51-58-21-20-34-92(70(58)89-88-69(51)87-75-84-61-22-17-18-23-63(61)104-75)64-30-29-59(66(85-64)74(100)101)60-41-83-94(53(60)3)49-79-44-77(7)43-78(8,45-79)47-80(46-77,48-79)102-38-37-90(9)33-19-15-13-11-10-12-14-16-24-65(96)91-35-31-56(32-36-91)71(97)86-68(76(4,5)6)73(99)93-42-57(95)39-62(93)72(98)81-40-54-25-27-55(28-26-54)67-52(2)82-50-103-67/h17-18,22-23,25-30,41,50,56-57,62,68,95H,10-16,19-21,24,31-40,42-49H2,1-9H3,(H,81,98)(H,86,97)(H,100,101)(H,84,87,88)/t57-,62+,68-,77?,78?,79?,80?/m1/s1. The normalized spacial score (nSPS) is 23.4. The number of β-amino-alcohol motifs (C(OH)–C–C–N with tert-alkyl or cyclic N) is 1. The topological polar surface area (TPSA) is 266 Å². The monoisotopic (exact) mass is 1450 g/mol. The number of carboxylic acids is 1. The average Bonchev–Trinajstić information content (AvgIpc) is 0.738. The van der Waals surface area contributed by atoms with E-state index in [1.807, 2.05) is 111 Å². The Bertz CT molecular complexity index is 4220. The Hall–Kier alpha value is -7.77. The molecule has 0 radical (unpaired) electrons. The van der Waals surface area contributed by atoms with E-state index < -0.39 is 29.6 Å². The minimum Gasteiger partial charge on any atom is -0.476 e. The summed E-state index contributed by atoms with van der Waals surface area (Å²) in [6.45, 7) is 22.0. The highest BCUT2D eigenvalue weighted by Gasteiger charge is 2.66. The minimum absolute atomic E-state index is 0.0000447. The number of hydrogen-bond acceptors (Lipinski definition) is 18. The SMILES string of the molecule is Cc1ncsc1-c1ccc(CNC(=O)[C@@H]2C[C@@H](O)CN2C(=O)[C@@H](NC(=O)C2CCN(C(=O)CCCCCCCCCCN(C)CCOC34CC5(C)CC(C)(CC(Cn6ncc(-c7ccc(N8CCCc9c8nnc(Nc8nc%10ccccc%10s8)c9C)nc7C(=O)O)c6C)(C5)C3)C4)CC2)C(C)(C)C)cc1. The second-order valence-electron chi connectivity index (χ2n) is 33.2. The third-order valence-corrected chi connectivity index (χ3v) is 25.2. The first-order valence-electron chi connectivity index (χ1n) is 38.0. The van der Waals surface area contributed by atoms with Crippen LogP contribution in [0.15, 0.2) is 72.4 Å². The number of unbranched alkanes of at least 4 members (excludes halogenated alkanes) is 7. The van der Waals surface area contributed by atoms with Crippen LogP contribution in [0.1, 0.15) is 195 Å². The molecule has 7 aromatic rings. The fraction of sp³-hybridized carbons (Fsp3) is 0.588. The van der Waals surface area contributed by atoms with Crippen molar-refractivity contribution in [2.75, 3.05) is 63.1 Å². The Morgan fingerprint density at radius 3 is 2.23 bits per heavy atom. The number of hydrogen-bond donors (Lipinski definition) is 5. The maximum absolute atomic E-state index is 14.3. The zero-order valence-corrected chi connectivity index (χ0v) is 64.0. The molecule has 8 heterocycles. The van der Waals surface area contributed by atoms with Crippen LogP contribution in [0.3, 0.4) is 0 Å². The number of thiazole rings is 2. The zero-order chi connectivity index (χ0) is 73.3. The lowest BCUT2D eigenvalue weighted by atomic mass is 9.39. The summed E-state index contributed by atoms with van der Waals surface area (Å²) in [5, 5.41) is 46.0. The number of aromatic nitrogens is 7. The maximum atomic E-state index is 14.3. The predicted molar refractivity (Wildman–Crippen MR) is 407 cm³/mol. The van der Waals surface area contributed by atoms with E-state index in [2.05, 4.69) is 69.5 Å². The summed E-state index contributed by atoms with van der Waals surface area (Å²) in [4.78, 5) is 91.1. The number of nitrogens with one attached hydrogen (secondary N) is 3. The van der Waals surface area contributed by atoms with Gasteiger partial charge in [-0.15, -0.1) is 21.5 Å². The number of benzene rings is 2. The molecule has 3 aliphatic heterocycles. The van der Waals surface area contributed by atoms with Crippen molar-refractivity contribution in [2.45, 2.75) is 221 Å². The van der Waals surface area contributed by atoms with E-state index in [0.717, 1.165) is 156 Å². The number of aryl methyl sites for hydroxylation is 1. The number of anilines is 4. The molecule has 5 atom stereocenters. The molecule has 4 bridgehead atoms. The van der Waals surface area contributed by atoms with Gasteiger partial charge in [0.25, 0.3) is 0 Å². The molecule has 2 aromatic carbocycles. The number of likely N-dealkylation sites (tertiary alicyclic amines) is 2. The number of fused-ring (bicyclic) bond motifs is 2. The van der Waals surface area contributed by atoms with Crippen LogP contribution in [-0.4, -0.2) is 166 Å². The van der Waals surface area contributed by atoms with Crippen LogP contribution < -0.4 is 20.9 Å². The molecular formula is C80H106N14O8S2. The van der Waals surface area contributed by atoms with Gasteiger partial charge in [-0.25, -0.2) is 19.7 Å². The van der Waals surface area contributed by atoms with Crippen molar-refractivity contribution < 1.29 is 38.9 Å². The number of carbonyl (C=O) groups excluding carboxylic acids is 4. The van der Waals surface area contributed by atoms with Crippen molar-refractivity contribution in [1.29, 1.82) is 0 Å². The summed E-state index contributed by atoms with van der Waals surface area (Å²) >= 11 is 3.15. The third kappa shape index (κ3) is 16.6. The van der Waals surface area contributed by atoms with Crippen LogP contribution in [0, 0.1) is 48.3 Å². The first-order chi connectivity index (χ1) is 49.8. The first kappa shape index (κ1) is 74.5. The maximum Gasteiger partial charge on any atom is 0.355 e. The summed E-state index contributed by atoms with van der Waals surface area (Å²) < 4.78 is 10.4. The second kappa shape index (κ2) is 31.0. The number of pyridine rings is 1. The number of aliphatic hydroxyl groups excluding tert-OH is 1. The largest absolute Gasteiger partial charge is 0.476 e. The predicted octanol–water partition coefficient (Wildman–Crippen LogP) is 13.5. The van der Waals surface area contributed by atoms with Crippen LogP contribution in [0.25, 0.3) is 31.8 Å². The van der Waals surface area contributed by atoms with E-state index in [9.17, 15) is 34.2 Å². The number of rotatable bonds is 29. The molecule has 4 saturated carbocycles. The molecule has 5 aromatic heterocycles. The summed E-state index contributed by atoms with van der Waals surface area (Å²) in [6.07, 6.45) is 19.7. The van der Waals surface area contributed by atoms with Gasteiger partial charge >= 0.3 is 5.97 Å². The van der Waals surface area contributed by atoms with Crippen LogP contribution in [0.5, 0.6) is 0 Å². The van der Waals surface area contributed by atoms with E-state index in [1.165, 1.54) is 30.6 Å². The highest BCUT2D eigenvalue weighted by molar-refractivity contribution is 7.22. The number of aromatic carboxylic acids is 1. The van der Waals surface area contributed by atoms with Gasteiger partial charge in [-0.3, -0.25) is 23.9 Å². The number of ether oxygens (including phenoxy) is 1. The summed E-state index contributed by atoms with van der Waals surface area (Å²) in [5.74, 6) is -0.388. The van der Waals surface area contributed by atoms with Gasteiger partial charge in [0.1, 0.15) is 17.9 Å². The van der Waals surface area contributed by atoms with Crippen molar-refractivity contribution in [3.8, 4) is 21.6 Å².